The number of amides is 1. The molecule has 1 aromatic heterocycles. The number of aliphatic carboxylic acids is 1. The van der Waals surface area contributed by atoms with Crippen molar-refractivity contribution < 1.29 is 32.6 Å². The van der Waals surface area contributed by atoms with Crippen LogP contribution in [0.4, 0.5) is 13.2 Å². The highest BCUT2D eigenvalue weighted by Crippen LogP contribution is 2.33. The number of nitrogens with one attached hydrogen (secondary N) is 1. The minimum atomic E-state index is -4.37. The van der Waals surface area contributed by atoms with E-state index in [2.05, 4.69) is 5.32 Å². The summed E-state index contributed by atoms with van der Waals surface area (Å²) in [4.78, 5) is 24.2. The van der Waals surface area contributed by atoms with Gasteiger partial charge in [0, 0.05) is 11.4 Å². The Morgan fingerprint density at radius 3 is 2.18 bits per heavy atom. The van der Waals surface area contributed by atoms with Gasteiger partial charge >= 0.3 is 12.1 Å². The molecule has 3 rings (SSSR count). The third-order valence-corrected chi connectivity index (χ3v) is 6.20. The minimum absolute atomic E-state index is 0.0571. The lowest BCUT2D eigenvalue weighted by atomic mass is 10.0. The molecule has 1 amide bonds. The summed E-state index contributed by atoms with van der Waals surface area (Å²) in [5, 5.41) is 11.3. The van der Waals surface area contributed by atoms with E-state index in [-0.39, 0.29) is 25.0 Å². The summed E-state index contributed by atoms with van der Waals surface area (Å²) in [6.45, 7) is 2.08. The van der Waals surface area contributed by atoms with Crippen molar-refractivity contribution >= 4 is 23.2 Å². The summed E-state index contributed by atoms with van der Waals surface area (Å²) >= 11 is 1.29. The molecule has 2 aromatic carbocycles. The van der Waals surface area contributed by atoms with E-state index < -0.39 is 17.7 Å². The topological polar surface area (TPSA) is 75.6 Å². The van der Waals surface area contributed by atoms with Crippen LogP contribution in [-0.2, 0) is 11.0 Å². The number of rotatable bonds is 10. The number of alkyl halides is 3. The molecule has 0 fully saturated rings. The first kappa shape index (κ1) is 25.3. The smallest absolute Gasteiger partial charge is 0.416 e. The number of carbonyl (C=O) groups is 2. The summed E-state index contributed by atoms with van der Waals surface area (Å²) in [7, 11) is 0. The highest BCUT2D eigenvalue weighted by molar-refractivity contribution is 7.14. The van der Waals surface area contributed by atoms with Gasteiger partial charge in [-0.3, -0.25) is 9.59 Å². The highest BCUT2D eigenvalue weighted by Gasteiger charge is 2.30. The summed E-state index contributed by atoms with van der Waals surface area (Å²) in [6, 6.07) is 15.6. The number of hydrogen-bond acceptors (Lipinski definition) is 4. The Morgan fingerprint density at radius 1 is 1.00 bits per heavy atom. The normalized spacial score (nSPS) is 12.2. The summed E-state index contributed by atoms with van der Waals surface area (Å²) in [5.74, 6) is -0.698. The van der Waals surface area contributed by atoms with Crippen LogP contribution in [0.15, 0.2) is 60.7 Å². The molecule has 0 bridgehead atoms. The standard InChI is InChI=1S/C25H24F3NO4S/c1-2-3-20(21-12-13-22(34-21)24(32)29-15-14-23(30)31)33-19-10-6-17(7-11-19)16-4-8-18(9-5-16)25(26,27)28/h4-13,20H,2-3,14-15H2,1H3,(H,29,32)(H,30,31)/t20-/m0/s1. The van der Waals surface area contributed by atoms with Crippen LogP contribution in [-0.4, -0.2) is 23.5 Å². The number of thiophene rings is 1. The molecular weight excluding hydrogens is 467 g/mol. The van der Waals surface area contributed by atoms with Crippen molar-refractivity contribution in [2.45, 2.75) is 38.5 Å². The highest BCUT2D eigenvalue weighted by atomic mass is 32.1. The molecule has 0 radical (unpaired) electrons. The zero-order valence-electron chi connectivity index (χ0n) is 18.4. The van der Waals surface area contributed by atoms with E-state index in [9.17, 15) is 22.8 Å². The first-order valence-corrected chi connectivity index (χ1v) is 11.5. The maximum absolute atomic E-state index is 12.8. The van der Waals surface area contributed by atoms with Crippen LogP contribution in [0.1, 0.15) is 52.4 Å². The molecule has 0 aliphatic heterocycles. The number of halogens is 3. The lowest BCUT2D eigenvalue weighted by molar-refractivity contribution is -0.138. The number of benzene rings is 2. The fraction of sp³-hybridized carbons (Fsp3) is 0.280. The molecule has 1 heterocycles. The van der Waals surface area contributed by atoms with Gasteiger partial charge in [0.05, 0.1) is 16.9 Å². The van der Waals surface area contributed by atoms with Crippen molar-refractivity contribution in [1.29, 1.82) is 0 Å². The Bertz CT molecular complexity index is 1110. The maximum Gasteiger partial charge on any atom is 0.416 e. The molecule has 1 atom stereocenters. The number of carboxylic acid groups (broad SMARTS) is 1. The Hall–Kier alpha value is -3.33. The van der Waals surface area contributed by atoms with Crippen molar-refractivity contribution in [3.05, 3.63) is 76.0 Å². The Balaban J connectivity index is 1.67. The van der Waals surface area contributed by atoms with Gasteiger partial charge in [-0.25, -0.2) is 0 Å². The lowest BCUT2D eigenvalue weighted by Crippen LogP contribution is -2.25. The average Bonchev–Trinajstić information content (AvgIpc) is 3.29. The molecule has 9 heteroatoms. The van der Waals surface area contributed by atoms with Gasteiger partial charge in [0.1, 0.15) is 11.9 Å². The molecule has 2 N–H and O–H groups in total. The minimum Gasteiger partial charge on any atom is -0.485 e. The molecule has 0 spiro atoms. The van der Waals surface area contributed by atoms with E-state index in [4.69, 9.17) is 9.84 Å². The maximum atomic E-state index is 12.8. The zero-order chi connectivity index (χ0) is 24.7. The van der Waals surface area contributed by atoms with Gasteiger partial charge in [-0.05, 0) is 53.9 Å². The van der Waals surface area contributed by atoms with Crippen LogP contribution in [0, 0.1) is 0 Å². The predicted octanol–water partition coefficient (Wildman–Crippen LogP) is 6.56. The van der Waals surface area contributed by atoms with Gasteiger partial charge in [-0.15, -0.1) is 11.3 Å². The van der Waals surface area contributed by atoms with E-state index in [0.717, 1.165) is 35.4 Å². The molecule has 0 aliphatic rings. The van der Waals surface area contributed by atoms with Crippen molar-refractivity contribution in [2.24, 2.45) is 0 Å². The van der Waals surface area contributed by atoms with Crippen molar-refractivity contribution in [3.8, 4) is 16.9 Å². The zero-order valence-corrected chi connectivity index (χ0v) is 19.2. The molecule has 0 saturated carbocycles. The van der Waals surface area contributed by atoms with Gasteiger partial charge in [0.2, 0.25) is 0 Å². The van der Waals surface area contributed by atoms with Crippen molar-refractivity contribution in [2.75, 3.05) is 6.54 Å². The van der Waals surface area contributed by atoms with Crippen LogP contribution >= 0.6 is 11.3 Å². The third kappa shape index (κ3) is 6.84. The molecule has 0 unspecified atom stereocenters. The second-order valence-corrected chi connectivity index (χ2v) is 8.71. The second-order valence-electron chi connectivity index (χ2n) is 7.60. The number of carboxylic acids is 1. The van der Waals surface area contributed by atoms with Crippen LogP contribution in [0.5, 0.6) is 5.75 Å². The van der Waals surface area contributed by atoms with E-state index in [1.54, 1.807) is 30.3 Å². The lowest BCUT2D eigenvalue weighted by Gasteiger charge is -2.18. The first-order chi connectivity index (χ1) is 16.2. The predicted molar refractivity (Wildman–Crippen MR) is 124 cm³/mol. The van der Waals surface area contributed by atoms with E-state index >= 15 is 0 Å². The monoisotopic (exact) mass is 491 g/mol. The summed E-state index contributed by atoms with van der Waals surface area (Å²) in [5.41, 5.74) is 0.746. The van der Waals surface area contributed by atoms with Gasteiger partial charge in [0.15, 0.2) is 0 Å². The molecule has 34 heavy (non-hydrogen) atoms. The molecule has 180 valence electrons. The fourth-order valence-electron chi connectivity index (χ4n) is 3.28. The van der Waals surface area contributed by atoms with Crippen LogP contribution in [0.3, 0.4) is 0 Å². The number of carbonyl (C=O) groups excluding carboxylic acids is 1. The molecule has 3 aromatic rings. The largest absolute Gasteiger partial charge is 0.485 e. The van der Waals surface area contributed by atoms with Crippen molar-refractivity contribution in [1.82, 2.24) is 5.32 Å². The van der Waals surface area contributed by atoms with E-state index in [0.29, 0.717) is 16.2 Å². The SMILES string of the molecule is CCC[C@H](Oc1ccc(-c2ccc(C(F)(F)F)cc2)cc1)c1ccc(C(=O)NCCC(=O)O)s1. The molecule has 5 nitrogen and oxygen atoms in total. The Morgan fingerprint density at radius 2 is 1.62 bits per heavy atom. The summed E-state index contributed by atoms with van der Waals surface area (Å²) < 4.78 is 44.5. The Labute approximate surface area is 199 Å². The van der Waals surface area contributed by atoms with Crippen molar-refractivity contribution in [3.63, 3.8) is 0 Å². The Kier molecular flexibility index (Phi) is 8.33. The number of ether oxygens (including phenoxy) is 1. The molecular formula is C25H24F3NO4S. The van der Waals surface area contributed by atoms with Gasteiger partial charge in [-0.2, -0.15) is 13.2 Å². The second kappa shape index (κ2) is 11.2. The molecule has 0 aliphatic carbocycles. The van der Waals surface area contributed by atoms with Crippen LogP contribution in [0.25, 0.3) is 11.1 Å². The fourth-order valence-corrected chi connectivity index (χ4v) is 4.27. The first-order valence-electron chi connectivity index (χ1n) is 10.7. The summed E-state index contributed by atoms with van der Waals surface area (Å²) in [6.07, 6.45) is -3.21. The average molecular weight is 492 g/mol. The van der Waals surface area contributed by atoms with Gasteiger partial charge in [0.25, 0.3) is 5.91 Å². The quantitative estimate of drug-likeness (QED) is 0.337. The van der Waals surface area contributed by atoms with E-state index in [1.807, 2.05) is 13.0 Å². The van der Waals surface area contributed by atoms with Gasteiger partial charge < -0.3 is 15.2 Å². The third-order valence-electron chi connectivity index (χ3n) is 5.02. The number of hydrogen-bond donors (Lipinski definition) is 2. The molecule has 0 saturated heterocycles. The van der Waals surface area contributed by atoms with Crippen LogP contribution < -0.4 is 10.1 Å². The van der Waals surface area contributed by atoms with Gasteiger partial charge in [-0.1, -0.05) is 37.6 Å². The van der Waals surface area contributed by atoms with Crippen LogP contribution in [0.2, 0.25) is 0 Å². The van der Waals surface area contributed by atoms with E-state index in [1.165, 1.54) is 23.5 Å².